The monoisotopic (exact) mass is 816 g/mol. The van der Waals surface area contributed by atoms with Gasteiger partial charge in [-0.15, -0.1) is 0 Å². The molecule has 0 heterocycles. The third kappa shape index (κ3) is 11.7. The summed E-state index contributed by atoms with van der Waals surface area (Å²) in [7, 11) is -8.53. The summed E-state index contributed by atoms with van der Waals surface area (Å²) in [5.74, 6) is 0. The van der Waals surface area contributed by atoms with Crippen LogP contribution in [0.15, 0.2) is 176 Å². The van der Waals surface area contributed by atoms with Gasteiger partial charge in [0.2, 0.25) is 0 Å². The van der Waals surface area contributed by atoms with E-state index < -0.39 is 20.2 Å². The van der Waals surface area contributed by atoms with Crippen LogP contribution >= 0.6 is 0 Å². The average molecular weight is 817 g/mol. The maximum atomic E-state index is 11.5. The lowest BCUT2D eigenvalue weighted by Crippen LogP contribution is -2.22. The number of azo groups is 2. The standard InChI is InChI=1S/C44H44N6O6S2/c1-3-49(31-35-7-5-9-43(29-35)57(51,52)53)41-25-21-39(22-26-41)47-45-37-17-13-33(14-18-37)11-12-34-15-19-38(20-16-34)46-48-40-23-27-42(28-24-40)50(4-2)32-36-8-6-10-44(30-36)58(54,55)56/h5-10,13-30H,3-4,11-12,31-32H2,1-2H3,(H,51,52,53)(H,54,55,56). The molecule has 0 aliphatic rings. The van der Waals surface area contributed by atoms with Crippen LogP contribution in [0.25, 0.3) is 0 Å². The Morgan fingerprint density at radius 1 is 0.431 bits per heavy atom. The number of nitrogens with zero attached hydrogens (tertiary/aromatic N) is 6. The summed E-state index contributed by atoms with van der Waals surface area (Å²) in [6, 6.07) is 44.0. The van der Waals surface area contributed by atoms with Gasteiger partial charge in [-0.1, -0.05) is 48.5 Å². The Kier molecular flexibility index (Phi) is 13.6. The lowest BCUT2D eigenvalue weighted by Gasteiger charge is -2.23. The summed E-state index contributed by atoms with van der Waals surface area (Å²) in [5, 5.41) is 17.6. The quantitative estimate of drug-likeness (QED) is 0.0678. The first kappa shape index (κ1) is 41.6. The molecule has 0 aromatic heterocycles. The Labute approximate surface area is 339 Å². The van der Waals surface area contributed by atoms with Crippen LogP contribution in [0.4, 0.5) is 34.1 Å². The van der Waals surface area contributed by atoms with Crippen molar-refractivity contribution in [1.82, 2.24) is 0 Å². The molecular weight excluding hydrogens is 773 g/mol. The van der Waals surface area contributed by atoms with Crippen LogP contribution < -0.4 is 9.80 Å². The highest BCUT2D eigenvalue weighted by Crippen LogP contribution is 2.27. The van der Waals surface area contributed by atoms with Crippen LogP contribution in [0, 0.1) is 0 Å². The van der Waals surface area contributed by atoms with Gasteiger partial charge in [0.1, 0.15) is 0 Å². The molecule has 298 valence electrons. The normalized spacial score (nSPS) is 12.0. The molecule has 0 spiro atoms. The predicted octanol–water partition coefficient (Wildman–Crippen LogP) is 10.8. The minimum atomic E-state index is -4.26. The summed E-state index contributed by atoms with van der Waals surface area (Å²) < 4.78 is 65.0. The van der Waals surface area contributed by atoms with E-state index in [1.54, 1.807) is 12.1 Å². The van der Waals surface area contributed by atoms with Crippen molar-refractivity contribution in [3.05, 3.63) is 168 Å². The van der Waals surface area contributed by atoms with Crippen molar-refractivity contribution < 1.29 is 25.9 Å². The van der Waals surface area contributed by atoms with E-state index in [9.17, 15) is 25.9 Å². The Balaban J connectivity index is 0.968. The molecule has 6 aromatic rings. The van der Waals surface area contributed by atoms with E-state index in [0.29, 0.717) is 37.6 Å². The second-order valence-corrected chi connectivity index (χ2v) is 16.4. The highest BCUT2D eigenvalue weighted by Gasteiger charge is 2.13. The second-order valence-electron chi connectivity index (χ2n) is 13.5. The van der Waals surface area contributed by atoms with Gasteiger partial charge in [-0.2, -0.15) is 37.3 Å². The highest BCUT2D eigenvalue weighted by molar-refractivity contribution is 7.86. The van der Waals surface area contributed by atoms with Crippen molar-refractivity contribution >= 4 is 54.4 Å². The van der Waals surface area contributed by atoms with Gasteiger partial charge < -0.3 is 9.80 Å². The molecule has 6 aromatic carbocycles. The first-order valence-corrected chi connectivity index (χ1v) is 21.6. The summed E-state index contributed by atoms with van der Waals surface area (Å²) in [6.45, 7) is 6.39. The molecule has 12 nitrogen and oxygen atoms in total. The first-order valence-electron chi connectivity index (χ1n) is 18.7. The number of benzene rings is 6. The Bertz CT molecular complexity index is 2400. The molecule has 0 saturated carbocycles. The van der Waals surface area contributed by atoms with Crippen LogP contribution in [0.5, 0.6) is 0 Å². The number of anilines is 2. The fourth-order valence-corrected chi connectivity index (χ4v) is 7.36. The molecule has 0 aliphatic carbocycles. The molecule has 0 aliphatic heterocycles. The number of hydrogen-bond donors (Lipinski definition) is 2. The molecule has 0 amide bonds. The molecule has 0 atom stereocenters. The molecule has 0 fully saturated rings. The zero-order valence-corrected chi connectivity index (χ0v) is 33.8. The van der Waals surface area contributed by atoms with Crippen molar-refractivity contribution in [2.24, 2.45) is 20.5 Å². The summed E-state index contributed by atoms with van der Waals surface area (Å²) >= 11 is 0. The summed E-state index contributed by atoms with van der Waals surface area (Å²) in [4.78, 5) is 3.95. The van der Waals surface area contributed by atoms with E-state index in [1.807, 2.05) is 98.8 Å². The van der Waals surface area contributed by atoms with E-state index in [1.165, 1.54) is 35.4 Å². The number of aryl methyl sites for hydroxylation is 2. The van der Waals surface area contributed by atoms with Gasteiger partial charge in [0.25, 0.3) is 20.2 Å². The van der Waals surface area contributed by atoms with Crippen molar-refractivity contribution in [2.75, 3.05) is 22.9 Å². The second kappa shape index (κ2) is 18.9. The lowest BCUT2D eigenvalue weighted by molar-refractivity contribution is 0.481. The van der Waals surface area contributed by atoms with Crippen LogP contribution in [0.3, 0.4) is 0 Å². The van der Waals surface area contributed by atoms with Gasteiger partial charge >= 0.3 is 0 Å². The Morgan fingerprint density at radius 3 is 1.03 bits per heavy atom. The smallest absolute Gasteiger partial charge is 0.294 e. The fourth-order valence-electron chi connectivity index (χ4n) is 6.26. The SMILES string of the molecule is CCN(Cc1cccc(S(=O)(=O)O)c1)c1ccc(N=Nc2ccc(CCc3ccc(N=Nc4ccc(N(CC)Cc5cccc(S(=O)(=O)O)c5)cc4)cc3)cc2)cc1. The van der Waals surface area contributed by atoms with Crippen molar-refractivity contribution in [2.45, 2.75) is 49.6 Å². The molecule has 0 bridgehead atoms. The van der Waals surface area contributed by atoms with Gasteiger partial charge in [0, 0.05) is 37.6 Å². The first-order chi connectivity index (χ1) is 27.9. The molecule has 58 heavy (non-hydrogen) atoms. The maximum Gasteiger partial charge on any atom is 0.294 e. The molecule has 0 radical (unpaired) electrons. The minimum absolute atomic E-state index is 0.121. The van der Waals surface area contributed by atoms with Gasteiger partial charge in [-0.25, -0.2) is 0 Å². The third-order valence-corrected chi connectivity index (χ3v) is 11.2. The summed E-state index contributed by atoms with van der Waals surface area (Å²) in [6.07, 6.45) is 1.72. The number of hydrogen-bond acceptors (Lipinski definition) is 10. The largest absolute Gasteiger partial charge is 0.367 e. The van der Waals surface area contributed by atoms with Crippen LogP contribution in [-0.2, 0) is 46.2 Å². The Morgan fingerprint density at radius 2 is 0.741 bits per heavy atom. The molecule has 0 saturated heterocycles. The minimum Gasteiger partial charge on any atom is -0.367 e. The average Bonchev–Trinajstić information content (AvgIpc) is 3.23. The van der Waals surface area contributed by atoms with E-state index >= 15 is 0 Å². The molecule has 14 heteroatoms. The predicted molar refractivity (Wildman–Crippen MR) is 227 cm³/mol. The van der Waals surface area contributed by atoms with E-state index in [2.05, 4.69) is 54.5 Å². The third-order valence-electron chi connectivity index (χ3n) is 9.47. The molecule has 2 N–H and O–H groups in total. The van der Waals surface area contributed by atoms with Crippen LogP contribution in [0.1, 0.15) is 36.1 Å². The van der Waals surface area contributed by atoms with Gasteiger partial charge in [0.15, 0.2) is 0 Å². The van der Waals surface area contributed by atoms with Crippen LogP contribution in [-0.4, -0.2) is 39.0 Å². The summed E-state index contributed by atoms with van der Waals surface area (Å²) in [5.41, 5.74) is 8.73. The molecular formula is C44H44N6O6S2. The van der Waals surface area contributed by atoms with Crippen molar-refractivity contribution in [1.29, 1.82) is 0 Å². The van der Waals surface area contributed by atoms with Gasteiger partial charge in [0.05, 0.1) is 32.5 Å². The fraction of sp³-hybridized carbons (Fsp3) is 0.182. The zero-order valence-electron chi connectivity index (χ0n) is 32.1. The van der Waals surface area contributed by atoms with Crippen molar-refractivity contribution in [3.63, 3.8) is 0 Å². The van der Waals surface area contributed by atoms with E-state index in [0.717, 1.165) is 46.7 Å². The topological polar surface area (TPSA) is 165 Å². The number of rotatable bonds is 17. The molecule has 6 rings (SSSR count). The zero-order chi connectivity index (χ0) is 41.1. The molecule has 0 unspecified atom stereocenters. The lowest BCUT2D eigenvalue weighted by atomic mass is 10.0. The van der Waals surface area contributed by atoms with Gasteiger partial charge in [-0.05, 0) is 146 Å². The Hall–Kier alpha value is -6.06. The van der Waals surface area contributed by atoms with Crippen LogP contribution in [0.2, 0.25) is 0 Å². The van der Waals surface area contributed by atoms with Crippen molar-refractivity contribution in [3.8, 4) is 0 Å². The van der Waals surface area contributed by atoms with E-state index in [4.69, 9.17) is 0 Å². The van der Waals surface area contributed by atoms with E-state index in [-0.39, 0.29) is 9.79 Å². The van der Waals surface area contributed by atoms with Gasteiger partial charge in [-0.3, -0.25) is 9.11 Å². The maximum absolute atomic E-state index is 11.5. The highest BCUT2D eigenvalue weighted by atomic mass is 32.2.